The van der Waals surface area contributed by atoms with Crippen LogP contribution >= 0.6 is 23.4 Å². The number of para-hydroxylation sites is 1. The van der Waals surface area contributed by atoms with Crippen LogP contribution in [0.3, 0.4) is 0 Å². The maximum absolute atomic E-state index is 12.1. The third-order valence-corrected chi connectivity index (χ3v) is 4.57. The summed E-state index contributed by atoms with van der Waals surface area (Å²) in [6.45, 7) is 0. The van der Waals surface area contributed by atoms with Crippen molar-refractivity contribution in [1.82, 2.24) is 10.7 Å². The van der Waals surface area contributed by atoms with Crippen molar-refractivity contribution in [3.05, 3.63) is 69.6 Å². The van der Waals surface area contributed by atoms with Crippen LogP contribution in [0.2, 0.25) is 5.02 Å². The minimum absolute atomic E-state index is 0.284. The number of nitrogens with zero attached hydrogens (tertiary/aromatic N) is 1. The molecule has 1 aliphatic heterocycles. The lowest BCUT2D eigenvalue weighted by molar-refractivity contribution is -0.115. The highest BCUT2D eigenvalue weighted by atomic mass is 35.5. The zero-order chi connectivity index (χ0) is 18.5. The molecule has 1 fully saturated rings. The normalized spacial score (nSPS) is 16.6. The Hall–Kier alpha value is -2.77. The molecule has 26 heavy (non-hydrogen) atoms. The smallest absolute Gasteiger partial charge is 0.271 e. The molecule has 6 nitrogen and oxygen atoms in total. The molecule has 1 aliphatic rings. The first kappa shape index (κ1) is 18.0. The van der Waals surface area contributed by atoms with E-state index in [-0.39, 0.29) is 11.1 Å². The van der Waals surface area contributed by atoms with Crippen LogP contribution in [-0.2, 0) is 4.79 Å². The van der Waals surface area contributed by atoms with E-state index in [1.807, 2.05) is 24.3 Å². The molecule has 0 saturated carbocycles. The van der Waals surface area contributed by atoms with Gasteiger partial charge in [0, 0.05) is 16.1 Å². The fraction of sp³-hybridized carbons (Fsp3) is 0.0556. The maximum Gasteiger partial charge on any atom is 0.271 e. The molecule has 0 radical (unpaired) electrons. The third-order valence-electron chi connectivity index (χ3n) is 3.42. The molecule has 0 aromatic heterocycles. The second-order valence-corrected chi connectivity index (χ2v) is 6.64. The second kappa shape index (κ2) is 8.07. The van der Waals surface area contributed by atoms with Gasteiger partial charge in [0.05, 0.1) is 12.0 Å². The molecule has 0 unspecified atom stereocenters. The number of carbonyl (C=O) groups is 2. The molecule has 0 spiro atoms. The number of methoxy groups -OCH3 is 1. The van der Waals surface area contributed by atoms with Crippen molar-refractivity contribution in [2.45, 2.75) is 0 Å². The average molecular weight is 388 g/mol. The topological polar surface area (TPSA) is 79.8 Å². The van der Waals surface area contributed by atoms with Crippen molar-refractivity contribution >= 4 is 46.4 Å². The highest BCUT2D eigenvalue weighted by molar-refractivity contribution is 8.18. The van der Waals surface area contributed by atoms with Crippen molar-refractivity contribution in [2.24, 2.45) is 5.10 Å². The number of amidine groups is 1. The number of rotatable bonds is 4. The Labute approximate surface area is 159 Å². The van der Waals surface area contributed by atoms with Crippen molar-refractivity contribution in [1.29, 1.82) is 0 Å². The largest absolute Gasteiger partial charge is 0.496 e. The summed E-state index contributed by atoms with van der Waals surface area (Å²) in [6.07, 6.45) is 1.71. The molecule has 2 N–H and O–H groups in total. The van der Waals surface area contributed by atoms with Gasteiger partial charge in [-0.15, -0.1) is 5.10 Å². The van der Waals surface area contributed by atoms with E-state index >= 15 is 0 Å². The highest BCUT2D eigenvalue weighted by Crippen LogP contribution is 2.28. The summed E-state index contributed by atoms with van der Waals surface area (Å²) in [5.41, 5.74) is 3.55. The molecule has 1 heterocycles. The fourth-order valence-electron chi connectivity index (χ4n) is 2.20. The first-order valence-electron chi connectivity index (χ1n) is 7.54. The number of benzene rings is 2. The van der Waals surface area contributed by atoms with Gasteiger partial charge in [-0.05, 0) is 42.1 Å². The number of ether oxygens (including phenoxy) is 1. The van der Waals surface area contributed by atoms with Crippen LogP contribution < -0.4 is 15.5 Å². The lowest BCUT2D eigenvalue weighted by atomic mass is 10.2. The minimum atomic E-state index is -0.419. The van der Waals surface area contributed by atoms with E-state index in [4.69, 9.17) is 16.3 Å². The molecular formula is C18H14ClN3O3S. The number of thioether (sulfide) groups is 1. The van der Waals surface area contributed by atoms with E-state index in [9.17, 15) is 9.59 Å². The minimum Gasteiger partial charge on any atom is -0.496 e. The molecular weight excluding hydrogens is 374 g/mol. The second-order valence-electron chi connectivity index (χ2n) is 5.17. The summed E-state index contributed by atoms with van der Waals surface area (Å²) < 4.78 is 5.27. The quantitative estimate of drug-likeness (QED) is 0.623. The lowest BCUT2D eigenvalue weighted by Crippen LogP contribution is -2.25. The van der Waals surface area contributed by atoms with Crippen LogP contribution in [0, 0.1) is 0 Å². The van der Waals surface area contributed by atoms with Gasteiger partial charge >= 0.3 is 0 Å². The van der Waals surface area contributed by atoms with E-state index in [1.54, 1.807) is 31.4 Å². The van der Waals surface area contributed by atoms with E-state index < -0.39 is 5.91 Å². The van der Waals surface area contributed by atoms with Crippen LogP contribution in [0.5, 0.6) is 5.75 Å². The van der Waals surface area contributed by atoms with E-state index in [1.165, 1.54) is 6.07 Å². The number of halogens is 1. The van der Waals surface area contributed by atoms with Gasteiger partial charge in [0.15, 0.2) is 5.17 Å². The number of hydrazone groups is 1. The number of nitrogens with one attached hydrogen (secondary N) is 2. The van der Waals surface area contributed by atoms with E-state index in [2.05, 4.69) is 15.8 Å². The number of hydrogen-bond donors (Lipinski definition) is 2. The van der Waals surface area contributed by atoms with Gasteiger partial charge in [-0.3, -0.25) is 14.9 Å². The Morgan fingerprint density at radius 3 is 2.85 bits per heavy atom. The van der Waals surface area contributed by atoms with Crippen LogP contribution in [0.1, 0.15) is 15.9 Å². The summed E-state index contributed by atoms with van der Waals surface area (Å²) in [5, 5.41) is 7.29. The first-order chi connectivity index (χ1) is 12.6. The van der Waals surface area contributed by atoms with Gasteiger partial charge in [0.25, 0.3) is 11.8 Å². The van der Waals surface area contributed by atoms with Gasteiger partial charge in [0.2, 0.25) is 0 Å². The molecule has 132 valence electrons. The summed E-state index contributed by atoms with van der Waals surface area (Å²) in [6, 6.07) is 13.9. The Morgan fingerprint density at radius 2 is 2.08 bits per heavy atom. The Morgan fingerprint density at radius 1 is 1.27 bits per heavy atom. The lowest BCUT2D eigenvalue weighted by Gasteiger charge is -2.03. The monoisotopic (exact) mass is 387 g/mol. The average Bonchev–Trinajstić information content (AvgIpc) is 2.99. The molecule has 8 heteroatoms. The van der Waals surface area contributed by atoms with Crippen LogP contribution in [0.15, 0.2) is 58.5 Å². The number of hydrogen-bond acceptors (Lipinski definition) is 5. The van der Waals surface area contributed by atoms with Crippen molar-refractivity contribution in [2.75, 3.05) is 7.11 Å². The number of amides is 2. The molecule has 2 amide bonds. The van der Waals surface area contributed by atoms with E-state index in [0.717, 1.165) is 17.3 Å². The van der Waals surface area contributed by atoms with Crippen LogP contribution in [0.4, 0.5) is 0 Å². The van der Waals surface area contributed by atoms with Crippen LogP contribution in [0.25, 0.3) is 6.08 Å². The molecule has 2 aromatic carbocycles. The molecule has 3 rings (SSSR count). The first-order valence-corrected chi connectivity index (χ1v) is 8.74. The third kappa shape index (κ3) is 4.25. The maximum atomic E-state index is 12.1. The molecule has 0 bridgehead atoms. The van der Waals surface area contributed by atoms with Gasteiger partial charge in [0.1, 0.15) is 5.75 Å². The van der Waals surface area contributed by atoms with Gasteiger partial charge in [-0.25, -0.2) is 5.43 Å². The fourth-order valence-corrected chi connectivity index (χ4v) is 3.17. The Bertz CT molecular complexity index is 927. The zero-order valence-electron chi connectivity index (χ0n) is 13.7. The summed E-state index contributed by atoms with van der Waals surface area (Å²) >= 11 is 6.99. The van der Waals surface area contributed by atoms with E-state index in [0.29, 0.717) is 21.2 Å². The summed E-state index contributed by atoms with van der Waals surface area (Å²) in [7, 11) is 1.57. The van der Waals surface area contributed by atoms with Crippen molar-refractivity contribution in [3.63, 3.8) is 0 Å². The highest BCUT2D eigenvalue weighted by Gasteiger charge is 2.24. The van der Waals surface area contributed by atoms with Crippen molar-refractivity contribution in [3.8, 4) is 5.75 Å². The molecule has 1 saturated heterocycles. The van der Waals surface area contributed by atoms with Gasteiger partial charge in [-0.1, -0.05) is 35.9 Å². The SMILES string of the molecule is COc1ccccc1/C=C1\S/C(=N/NC(=O)c2cccc(Cl)c2)NC1=O. The Kier molecular flexibility index (Phi) is 5.60. The molecule has 0 aliphatic carbocycles. The van der Waals surface area contributed by atoms with Crippen molar-refractivity contribution < 1.29 is 14.3 Å². The van der Waals surface area contributed by atoms with Crippen LogP contribution in [-0.4, -0.2) is 24.1 Å². The number of carbonyl (C=O) groups excluding carboxylic acids is 2. The predicted octanol–water partition coefficient (Wildman–Crippen LogP) is 3.25. The molecule has 2 aromatic rings. The van der Waals surface area contributed by atoms with Gasteiger partial charge in [-0.2, -0.15) is 0 Å². The summed E-state index contributed by atoms with van der Waals surface area (Å²) in [5.74, 6) is -0.0540. The predicted molar refractivity (Wildman–Crippen MR) is 103 cm³/mol. The standard InChI is InChI=1S/C18H14ClN3O3S/c1-25-14-8-3-2-5-11(14)10-15-17(24)20-18(26-15)22-21-16(23)12-6-4-7-13(19)9-12/h2-10H,1H3,(H,21,23)(H,20,22,24)/b15-10-. The summed E-state index contributed by atoms with van der Waals surface area (Å²) in [4.78, 5) is 24.6. The van der Waals surface area contributed by atoms with Gasteiger partial charge < -0.3 is 4.74 Å². The molecule has 0 atom stereocenters. The Balaban J connectivity index is 1.72. The zero-order valence-corrected chi connectivity index (χ0v) is 15.2.